The van der Waals surface area contributed by atoms with Gasteiger partial charge in [-0.25, -0.2) is 4.79 Å². The summed E-state index contributed by atoms with van der Waals surface area (Å²) in [5, 5.41) is 3.43. The molecule has 1 aromatic carbocycles. The molecule has 21 heavy (non-hydrogen) atoms. The minimum Gasteiger partial charge on any atom is -0.445 e. The molecule has 1 N–H and O–H groups in total. The first-order valence-electron chi connectivity index (χ1n) is 7.56. The molecule has 0 aliphatic heterocycles. The molecule has 4 heteroatoms. The van der Waals surface area contributed by atoms with Crippen molar-refractivity contribution >= 4 is 23.4 Å². The molecule has 114 valence electrons. The fourth-order valence-electron chi connectivity index (χ4n) is 4.12. The number of ether oxygens (including phenoxy) is 1. The first-order chi connectivity index (χ1) is 9.83. The molecule has 0 unspecified atom stereocenters. The van der Waals surface area contributed by atoms with Gasteiger partial charge >= 0.3 is 6.09 Å². The summed E-state index contributed by atoms with van der Waals surface area (Å²) in [6.07, 6.45) is 3.02. The van der Waals surface area contributed by atoms with Crippen LogP contribution in [0.3, 0.4) is 0 Å². The van der Waals surface area contributed by atoms with Crippen LogP contribution in [-0.4, -0.2) is 12.2 Å². The third kappa shape index (κ3) is 2.32. The van der Waals surface area contributed by atoms with Crippen LogP contribution < -0.4 is 5.32 Å². The number of hydrogen-bond donors (Lipinski definition) is 1. The van der Waals surface area contributed by atoms with Gasteiger partial charge in [0.1, 0.15) is 6.10 Å². The number of nitrogens with one attached hydrogen (secondary N) is 1. The van der Waals surface area contributed by atoms with Gasteiger partial charge in [-0.1, -0.05) is 32.4 Å². The number of benzene rings is 1. The summed E-state index contributed by atoms with van der Waals surface area (Å²) in [5.41, 5.74) is 1.05. The van der Waals surface area contributed by atoms with Crippen LogP contribution in [0.25, 0.3) is 0 Å². The lowest BCUT2D eigenvalue weighted by Gasteiger charge is -2.38. The van der Waals surface area contributed by atoms with Gasteiger partial charge in [0.15, 0.2) is 0 Å². The van der Waals surface area contributed by atoms with Crippen molar-refractivity contribution in [2.75, 3.05) is 5.32 Å². The van der Waals surface area contributed by atoms with Crippen LogP contribution in [0.5, 0.6) is 0 Å². The minimum absolute atomic E-state index is 0.0125. The predicted molar refractivity (Wildman–Crippen MR) is 84.6 cm³/mol. The molecule has 0 aromatic heterocycles. The standard InChI is InChI=1S/C17H22ClNO2/c1-16(2)11-8-9-17(16,3)14(10-11)21-15(20)19-13-6-4-12(18)5-7-13/h4-7,11,14H,8-10H2,1-3H3,(H,19,20)/t11-,14+,17-/m0/s1. The molecule has 0 heterocycles. The molecule has 2 fully saturated rings. The minimum atomic E-state index is -0.369. The zero-order chi connectivity index (χ0) is 15.3. The van der Waals surface area contributed by atoms with Crippen LogP contribution in [0.15, 0.2) is 24.3 Å². The molecular formula is C17H22ClNO2. The summed E-state index contributed by atoms with van der Waals surface area (Å²) < 4.78 is 5.74. The highest BCUT2D eigenvalue weighted by Gasteiger charge is 2.62. The molecule has 3 nitrogen and oxygen atoms in total. The normalized spacial score (nSPS) is 33.0. The van der Waals surface area contributed by atoms with Gasteiger partial charge in [-0.05, 0) is 54.9 Å². The van der Waals surface area contributed by atoms with E-state index >= 15 is 0 Å². The lowest BCUT2D eigenvalue weighted by atomic mass is 9.70. The predicted octanol–water partition coefficient (Wildman–Crippen LogP) is 5.10. The van der Waals surface area contributed by atoms with E-state index in [1.54, 1.807) is 24.3 Å². The van der Waals surface area contributed by atoms with E-state index < -0.39 is 0 Å². The van der Waals surface area contributed by atoms with E-state index in [1.807, 2.05) is 0 Å². The Balaban J connectivity index is 1.65. The van der Waals surface area contributed by atoms with Crippen molar-refractivity contribution in [3.05, 3.63) is 29.3 Å². The van der Waals surface area contributed by atoms with Crippen molar-refractivity contribution in [1.82, 2.24) is 0 Å². The maximum Gasteiger partial charge on any atom is 0.411 e. The average molecular weight is 308 g/mol. The Morgan fingerprint density at radius 1 is 1.29 bits per heavy atom. The Hall–Kier alpha value is -1.22. The number of hydrogen-bond acceptors (Lipinski definition) is 2. The van der Waals surface area contributed by atoms with Crippen LogP contribution in [0.1, 0.15) is 40.0 Å². The smallest absolute Gasteiger partial charge is 0.411 e. The Morgan fingerprint density at radius 2 is 1.95 bits per heavy atom. The first-order valence-corrected chi connectivity index (χ1v) is 7.94. The molecule has 1 amide bonds. The number of carbonyl (C=O) groups excluding carboxylic acids is 1. The van der Waals surface area contributed by atoms with Crippen molar-refractivity contribution in [2.45, 2.75) is 46.1 Å². The van der Waals surface area contributed by atoms with Gasteiger partial charge in [0.2, 0.25) is 0 Å². The average Bonchev–Trinajstić information content (AvgIpc) is 2.74. The molecule has 2 aliphatic rings. The van der Waals surface area contributed by atoms with Gasteiger partial charge in [-0.3, -0.25) is 5.32 Å². The summed E-state index contributed by atoms with van der Waals surface area (Å²) in [5.74, 6) is 0.663. The lowest BCUT2D eigenvalue weighted by molar-refractivity contribution is 0.00148. The third-order valence-corrected chi connectivity index (χ3v) is 6.31. The largest absolute Gasteiger partial charge is 0.445 e. The summed E-state index contributed by atoms with van der Waals surface area (Å²) in [6, 6.07) is 7.05. The highest BCUT2D eigenvalue weighted by molar-refractivity contribution is 6.30. The number of halogens is 1. The van der Waals surface area contributed by atoms with E-state index in [0.29, 0.717) is 16.6 Å². The van der Waals surface area contributed by atoms with E-state index in [2.05, 4.69) is 26.1 Å². The molecule has 1 aromatic rings. The molecule has 2 saturated carbocycles. The topological polar surface area (TPSA) is 38.3 Å². The second-order valence-electron chi connectivity index (χ2n) is 7.14. The number of anilines is 1. The van der Waals surface area contributed by atoms with Crippen molar-refractivity contribution < 1.29 is 9.53 Å². The van der Waals surface area contributed by atoms with Crippen molar-refractivity contribution in [3.8, 4) is 0 Å². The highest BCUT2D eigenvalue weighted by atomic mass is 35.5. The second-order valence-corrected chi connectivity index (χ2v) is 7.57. The maximum atomic E-state index is 12.1. The summed E-state index contributed by atoms with van der Waals surface area (Å²) >= 11 is 5.83. The fourth-order valence-corrected chi connectivity index (χ4v) is 4.24. The summed E-state index contributed by atoms with van der Waals surface area (Å²) in [4.78, 5) is 12.1. The van der Waals surface area contributed by atoms with Gasteiger partial charge in [0, 0.05) is 16.1 Å². The quantitative estimate of drug-likeness (QED) is 0.825. The van der Waals surface area contributed by atoms with Gasteiger partial charge in [-0.2, -0.15) is 0 Å². The number of amides is 1. The Morgan fingerprint density at radius 3 is 2.48 bits per heavy atom. The van der Waals surface area contributed by atoms with E-state index in [4.69, 9.17) is 16.3 Å². The molecule has 0 saturated heterocycles. The van der Waals surface area contributed by atoms with Crippen LogP contribution in [0.2, 0.25) is 5.02 Å². The molecular weight excluding hydrogens is 286 g/mol. The molecule has 2 aliphatic carbocycles. The van der Waals surface area contributed by atoms with Crippen LogP contribution >= 0.6 is 11.6 Å². The van der Waals surface area contributed by atoms with Gasteiger partial charge in [-0.15, -0.1) is 0 Å². The Kier molecular flexibility index (Phi) is 3.44. The van der Waals surface area contributed by atoms with Crippen LogP contribution in [0.4, 0.5) is 10.5 Å². The molecule has 0 spiro atoms. The summed E-state index contributed by atoms with van der Waals surface area (Å²) in [6.45, 7) is 6.89. The molecule has 2 bridgehead atoms. The van der Waals surface area contributed by atoms with Gasteiger partial charge in [0.05, 0.1) is 0 Å². The molecule has 0 radical (unpaired) electrons. The fraction of sp³-hybridized carbons (Fsp3) is 0.588. The van der Waals surface area contributed by atoms with E-state index in [9.17, 15) is 4.79 Å². The molecule has 3 rings (SSSR count). The zero-order valence-corrected chi connectivity index (χ0v) is 13.5. The third-order valence-electron chi connectivity index (χ3n) is 6.05. The van der Waals surface area contributed by atoms with Gasteiger partial charge in [0.25, 0.3) is 0 Å². The Bertz CT molecular complexity index is 554. The van der Waals surface area contributed by atoms with E-state index in [1.165, 1.54) is 6.42 Å². The molecule has 3 atom stereocenters. The van der Waals surface area contributed by atoms with Crippen LogP contribution in [0, 0.1) is 16.7 Å². The first kappa shape index (κ1) is 14.7. The number of fused-ring (bicyclic) bond motifs is 2. The van der Waals surface area contributed by atoms with Crippen molar-refractivity contribution in [2.24, 2.45) is 16.7 Å². The zero-order valence-electron chi connectivity index (χ0n) is 12.8. The van der Waals surface area contributed by atoms with E-state index in [0.717, 1.165) is 12.8 Å². The SMILES string of the molecule is CC1(C)[C@H]2CC[C@@]1(C)[C@H](OC(=O)Nc1ccc(Cl)cc1)C2. The van der Waals surface area contributed by atoms with Crippen LogP contribution in [-0.2, 0) is 4.74 Å². The van der Waals surface area contributed by atoms with Gasteiger partial charge < -0.3 is 4.74 Å². The van der Waals surface area contributed by atoms with Crippen molar-refractivity contribution in [3.63, 3.8) is 0 Å². The maximum absolute atomic E-state index is 12.1. The lowest BCUT2D eigenvalue weighted by Crippen LogP contribution is -2.39. The monoisotopic (exact) mass is 307 g/mol. The second kappa shape index (κ2) is 4.91. The Labute approximate surface area is 131 Å². The highest BCUT2D eigenvalue weighted by Crippen LogP contribution is 2.66. The number of carbonyl (C=O) groups is 1. The summed E-state index contributed by atoms with van der Waals surface area (Å²) in [7, 11) is 0. The van der Waals surface area contributed by atoms with E-state index in [-0.39, 0.29) is 23.0 Å². The van der Waals surface area contributed by atoms with Crippen molar-refractivity contribution in [1.29, 1.82) is 0 Å². The number of rotatable bonds is 2.